The molecule has 2 heterocycles. The largest absolute Gasteiger partial charge is 0.495 e. The van der Waals surface area contributed by atoms with Crippen LogP contribution in [0.5, 0.6) is 5.75 Å². The maximum absolute atomic E-state index is 13.7. The molecule has 9 heteroatoms. The summed E-state index contributed by atoms with van der Waals surface area (Å²) in [7, 11) is 1.48. The van der Waals surface area contributed by atoms with Gasteiger partial charge < -0.3 is 24.2 Å². The Morgan fingerprint density at radius 3 is 2.28 bits per heavy atom. The van der Waals surface area contributed by atoms with E-state index in [2.05, 4.69) is 10.6 Å². The highest BCUT2D eigenvalue weighted by Crippen LogP contribution is 2.35. The molecule has 184 valence electrons. The van der Waals surface area contributed by atoms with Crippen LogP contribution in [-0.2, 0) is 16.1 Å². The Kier molecular flexibility index (Phi) is 7.82. The molecule has 36 heavy (non-hydrogen) atoms. The third kappa shape index (κ3) is 5.64. The molecule has 1 atom stereocenters. The Morgan fingerprint density at radius 2 is 1.58 bits per heavy atom. The number of nitrogens with one attached hydrogen (secondary N) is 2. The van der Waals surface area contributed by atoms with E-state index in [0.29, 0.717) is 22.8 Å². The van der Waals surface area contributed by atoms with E-state index in [1.54, 1.807) is 66.7 Å². The summed E-state index contributed by atoms with van der Waals surface area (Å²) in [5.74, 6) is -0.482. The summed E-state index contributed by atoms with van der Waals surface area (Å²) < 4.78 is 15.9. The molecule has 2 aromatic carbocycles. The molecule has 0 bridgehead atoms. The molecule has 0 saturated carbocycles. The van der Waals surface area contributed by atoms with Crippen LogP contribution in [0.15, 0.2) is 100 Å². The van der Waals surface area contributed by atoms with Crippen molar-refractivity contribution in [1.82, 2.24) is 10.6 Å². The van der Waals surface area contributed by atoms with E-state index in [0.717, 1.165) is 0 Å². The van der Waals surface area contributed by atoms with E-state index >= 15 is 0 Å². The van der Waals surface area contributed by atoms with E-state index < -0.39 is 23.8 Å². The van der Waals surface area contributed by atoms with Gasteiger partial charge in [-0.05, 0) is 42.0 Å². The van der Waals surface area contributed by atoms with E-state index in [-0.39, 0.29) is 18.8 Å². The van der Waals surface area contributed by atoms with Gasteiger partial charge in [0.25, 0.3) is 5.91 Å². The van der Waals surface area contributed by atoms with Crippen molar-refractivity contribution >= 4 is 23.4 Å². The number of anilines is 1. The summed E-state index contributed by atoms with van der Waals surface area (Å²) in [6.07, 6.45) is 2.88. The summed E-state index contributed by atoms with van der Waals surface area (Å²) in [5, 5.41) is 5.40. The number of para-hydroxylation sites is 2. The summed E-state index contributed by atoms with van der Waals surface area (Å²) in [5.41, 5.74) is 0.949. The third-order valence-corrected chi connectivity index (χ3v) is 5.40. The Bertz CT molecular complexity index is 1290. The highest BCUT2D eigenvalue weighted by Gasteiger charge is 2.34. The van der Waals surface area contributed by atoms with Crippen LogP contribution in [0.3, 0.4) is 0 Å². The maximum atomic E-state index is 13.7. The van der Waals surface area contributed by atoms with Crippen molar-refractivity contribution in [2.75, 3.05) is 18.6 Å². The molecular weight excluding hydrogens is 462 g/mol. The van der Waals surface area contributed by atoms with Crippen molar-refractivity contribution in [3.05, 3.63) is 108 Å². The van der Waals surface area contributed by atoms with Crippen LogP contribution < -0.4 is 20.3 Å². The molecule has 0 aliphatic rings. The van der Waals surface area contributed by atoms with Gasteiger partial charge in [0.05, 0.1) is 38.4 Å². The first kappa shape index (κ1) is 24.3. The van der Waals surface area contributed by atoms with Crippen LogP contribution in [0, 0.1) is 0 Å². The van der Waals surface area contributed by atoms with Crippen molar-refractivity contribution in [2.45, 2.75) is 12.6 Å². The van der Waals surface area contributed by atoms with Gasteiger partial charge >= 0.3 is 0 Å². The summed E-state index contributed by atoms with van der Waals surface area (Å²) in [6.45, 7) is -0.245. The Labute approximate surface area is 207 Å². The highest BCUT2D eigenvalue weighted by atomic mass is 16.5. The molecule has 0 fully saturated rings. The summed E-state index contributed by atoms with van der Waals surface area (Å²) in [6, 6.07) is 21.2. The molecular formula is C27H25N3O6. The monoisotopic (exact) mass is 487 g/mol. The first-order chi connectivity index (χ1) is 17.6. The molecule has 0 unspecified atom stereocenters. The lowest BCUT2D eigenvalue weighted by Crippen LogP contribution is -2.47. The Balaban J connectivity index is 1.69. The van der Waals surface area contributed by atoms with Crippen LogP contribution in [0.2, 0.25) is 0 Å². The van der Waals surface area contributed by atoms with Gasteiger partial charge in [0.2, 0.25) is 11.8 Å². The standard InChI is InChI=1S/C27H25N3O6/c1-34-22-13-6-5-12-21(22)30(24(31)18-29-26(32)23-14-8-16-36-23)25(19-9-3-2-4-10-19)27(33)28-17-20-11-7-15-35-20/h2-16,25H,17-18H2,1H3,(H,28,33)(H,29,32)/t25-/m1/s1. The number of methoxy groups -OCH3 is 1. The molecule has 0 radical (unpaired) electrons. The zero-order chi connectivity index (χ0) is 25.3. The third-order valence-electron chi connectivity index (χ3n) is 5.40. The maximum Gasteiger partial charge on any atom is 0.287 e. The second-order valence-corrected chi connectivity index (χ2v) is 7.71. The molecule has 0 spiro atoms. The number of rotatable bonds is 10. The van der Waals surface area contributed by atoms with E-state index in [9.17, 15) is 14.4 Å². The van der Waals surface area contributed by atoms with Gasteiger partial charge in [-0.1, -0.05) is 42.5 Å². The number of ether oxygens (including phenoxy) is 1. The number of amides is 3. The molecule has 2 N–H and O–H groups in total. The predicted octanol–water partition coefficient (Wildman–Crippen LogP) is 3.70. The van der Waals surface area contributed by atoms with Crippen molar-refractivity contribution in [3.63, 3.8) is 0 Å². The van der Waals surface area contributed by atoms with E-state index in [1.165, 1.54) is 30.6 Å². The van der Waals surface area contributed by atoms with Crippen molar-refractivity contribution < 1.29 is 28.0 Å². The molecule has 0 aliphatic carbocycles. The number of furan rings is 2. The highest BCUT2D eigenvalue weighted by molar-refractivity contribution is 6.05. The number of hydrogen-bond donors (Lipinski definition) is 2. The van der Waals surface area contributed by atoms with Crippen LogP contribution in [0.1, 0.15) is 27.9 Å². The minimum atomic E-state index is -1.06. The second-order valence-electron chi connectivity index (χ2n) is 7.71. The smallest absolute Gasteiger partial charge is 0.287 e. The quantitative estimate of drug-likeness (QED) is 0.353. The first-order valence-corrected chi connectivity index (χ1v) is 11.2. The van der Waals surface area contributed by atoms with Gasteiger partial charge in [-0.2, -0.15) is 0 Å². The molecule has 0 saturated heterocycles. The lowest BCUT2D eigenvalue weighted by atomic mass is 10.0. The van der Waals surface area contributed by atoms with Gasteiger partial charge in [-0.25, -0.2) is 0 Å². The molecule has 9 nitrogen and oxygen atoms in total. The van der Waals surface area contributed by atoms with Crippen LogP contribution in [0.4, 0.5) is 5.69 Å². The number of benzene rings is 2. The van der Waals surface area contributed by atoms with Crippen LogP contribution >= 0.6 is 0 Å². The first-order valence-electron chi connectivity index (χ1n) is 11.2. The minimum absolute atomic E-state index is 0.0717. The van der Waals surface area contributed by atoms with Crippen molar-refractivity contribution in [3.8, 4) is 5.75 Å². The zero-order valence-electron chi connectivity index (χ0n) is 19.5. The molecule has 0 aliphatic heterocycles. The molecule has 4 rings (SSSR count). The lowest BCUT2D eigenvalue weighted by Gasteiger charge is -2.32. The van der Waals surface area contributed by atoms with Crippen molar-refractivity contribution in [2.24, 2.45) is 0 Å². The number of carbonyl (C=O) groups excluding carboxylic acids is 3. The van der Waals surface area contributed by atoms with Gasteiger partial charge in [0.15, 0.2) is 5.76 Å². The Morgan fingerprint density at radius 1 is 0.861 bits per heavy atom. The normalized spacial score (nSPS) is 11.4. The topological polar surface area (TPSA) is 114 Å². The lowest BCUT2D eigenvalue weighted by molar-refractivity contribution is -0.126. The Hall–Kier alpha value is -4.79. The van der Waals surface area contributed by atoms with Gasteiger partial charge in [0, 0.05) is 0 Å². The number of hydrogen-bond acceptors (Lipinski definition) is 6. The minimum Gasteiger partial charge on any atom is -0.495 e. The summed E-state index contributed by atoms with van der Waals surface area (Å²) in [4.78, 5) is 41.0. The average Bonchev–Trinajstić information content (AvgIpc) is 3.64. The average molecular weight is 488 g/mol. The van der Waals surface area contributed by atoms with Gasteiger partial charge in [-0.3, -0.25) is 19.3 Å². The second kappa shape index (κ2) is 11.6. The fourth-order valence-electron chi connectivity index (χ4n) is 3.72. The fraction of sp³-hybridized carbons (Fsp3) is 0.148. The van der Waals surface area contributed by atoms with Crippen molar-refractivity contribution in [1.29, 1.82) is 0 Å². The zero-order valence-corrected chi connectivity index (χ0v) is 19.5. The molecule has 3 amide bonds. The van der Waals surface area contributed by atoms with Gasteiger partial charge in [0.1, 0.15) is 17.6 Å². The molecule has 4 aromatic rings. The van der Waals surface area contributed by atoms with E-state index in [1.807, 2.05) is 6.07 Å². The predicted molar refractivity (Wildman–Crippen MR) is 131 cm³/mol. The van der Waals surface area contributed by atoms with Crippen LogP contribution in [0.25, 0.3) is 0 Å². The SMILES string of the molecule is COc1ccccc1N(C(=O)CNC(=O)c1ccco1)[C@@H](C(=O)NCc1ccco1)c1ccccc1. The number of nitrogens with zero attached hydrogens (tertiary/aromatic N) is 1. The van der Waals surface area contributed by atoms with Gasteiger partial charge in [-0.15, -0.1) is 0 Å². The van der Waals surface area contributed by atoms with Crippen LogP contribution in [-0.4, -0.2) is 31.4 Å². The number of carbonyl (C=O) groups is 3. The van der Waals surface area contributed by atoms with E-state index in [4.69, 9.17) is 13.6 Å². The molecule has 2 aromatic heterocycles. The fourth-order valence-corrected chi connectivity index (χ4v) is 3.72. The summed E-state index contributed by atoms with van der Waals surface area (Å²) >= 11 is 0.